The van der Waals surface area contributed by atoms with Crippen molar-refractivity contribution in [3.63, 3.8) is 0 Å². The number of hydrogen-bond acceptors (Lipinski definition) is 6. The van der Waals surface area contributed by atoms with Crippen LogP contribution in [0.2, 0.25) is 0 Å². The van der Waals surface area contributed by atoms with Crippen LogP contribution in [0.4, 0.5) is 0 Å². The zero-order valence-electron chi connectivity index (χ0n) is 13.4. The minimum atomic E-state index is 0.222. The second-order valence-electron chi connectivity index (χ2n) is 5.88. The van der Waals surface area contributed by atoms with Gasteiger partial charge in [-0.1, -0.05) is 23.7 Å². The molecule has 1 fully saturated rings. The quantitative estimate of drug-likeness (QED) is 0.882. The van der Waals surface area contributed by atoms with Crippen molar-refractivity contribution in [1.29, 1.82) is 0 Å². The Labute approximate surface area is 136 Å². The summed E-state index contributed by atoms with van der Waals surface area (Å²) in [6, 6.07) is 8.03. The van der Waals surface area contributed by atoms with Crippen molar-refractivity contribution in [2.45, 2.75) is 38.3 Å². The van der Waals surface area contributed by atoms with E-state index in [4.69, 9.17) is 9.26 Å². The lowest BCUT2D eigenvalue weighted by atomic mass is 10.00. The first-order valence-electron chi connectivity index (χ1n) is 8.12. The number of benzene rings is 1. The number of aliphatic hydroxyl groups excluding tert-OH is 1. The van der Waals surface area contributed by atoms with E-state index in [0.29, 0.717) is 24.3 Å². The lowest BCUT2D eigenvalue weighted by Gasteiger charge is -2.34. The van der Waals surface area contributed by atoms with Crippen molar-refractivity contribution >= 4 is 0 Å². The number of hydrogen-bond donors (Lipinski definition) is 1. The van der Waals surface area contributed by atoms with E-state index >= 15 is 0 Å². The second-order valence-corrected chi connectivity index (χ2v) is 5.88. The van der Waals surface area contributed by atoms with E-state index in [1.165, 1.54) is 12.8 Å². The van der Waals surface area contributed by atoms with Crippen LogP contribution in [0.15, 0.2) is 28.8 Å². The normalized spacial score (nSPS) is 19.0. The van der Waals surface area contributed by atoms with Crippen molar-refractivity contribution in [1.82, 2.24) is 15.0 Å². The Balaban J connectivity index is 1.71. The molecule has 1 aromatic carbocycles. The Morgan fingerprint density at radius 1 is 1.39 bits per heavy atom. The van der Waals surface area contributed by atoms with Gasteiger partial charge >= 0.3 is 0 Å². The highest BCUT2D eigenvalue weighted by molar-refractivity contribution is 5.56. The summed E-state index contributed by atoms with van der Waals surface area (Å²) in [6.07, 6.45) is 4.33. The van der Waals surface area contributed by atoms with Crippen molar-refractivity contribution in [2.75, 3.05) is 20.3 Å². The maximum atomic E-state index is 9.21. The van der Waals surface area contributed by atoms with E-state index in [-0.39, 0.29) is 6.61 Å². The number of nitrogens with zero attached hydrogens (tertiary/aromatic N) is 3. The molecule has 0 saturated carbocycles. The van der Waals surface area contributed by atoms with Gasteiger partial charge in [0.25, 0.3) is 0 Å². The maximum absolute atomic E-state index is 9.21. The summed E-state index contributed by atoms with van der Waals surface area (Å²) in [5.41, 5.74) is 0.880. The average Bonchev–Trinajstić information content (AvgIpc) is 3.05. The fourth-order valence-electron chi connectivity index (χ4n) is 3.12. The van der Waals surface area contributed by atoms with E-state index in [0.717, 1.165) is 30.7 Å². The number of ether oxygens (including phenoxy) is 1. The van der Waals surface area contributed by atoms with E-state index in [1.54, 1.807) is 7.11 Å². The molecule has 1 aliphatic heterocycles. The summed E-state index contributed by atoms with van der Waals surface area (Å²) in [5.74, 6) is 1.97. The summed E-state index contributed by atoms with van der Waals surface area (Å²) in [5, 5.41) is 13.3. The molecule has 2 heterocycles. The molecule has 0 spiro atoms. The lowest BCUT2D eigenvalue weighted by molar-refractivity contribution is 0.100. The summed E-state index contributed by atoms with van der Waals surface area (Å²) in [4.78, 5) is 6.84. The predicted octanol–water partition coefficient (Wildman–Crippen LogP) is 2.48. The van der Waals surface area contributed by atoms with Gasteiger partial charge in [-0.3, -0.25) is 4.90 Å². The van der Waals surface area contributed by atoms with E-state index in [9.17, 15) is 5.11 Å². The number of methoxy groups -OCH3 is 1. The highest BCUT2D eigenvalue weighted by Crippen LogP contribution is 2.24. The van der Waals surface area contributed by atoms with E-state index in [2.05, 4.69) is 15.0 Å². The molecule has 1 atom stereocenters. The van der Waals surface area contributed by atoms with Crippen molar-refractivity contribution in [2.24, 2.45) is 0 Å². The van der Waals surface area contributed by atoms with Crippen molar-refractivity contribution in [3.05, 3.63) is 30.2 Å². The van der Waals surface area contributed by atoms with Crippen LogP contribution in [0.5, 0.6) is 5.75 Å². The van der Waals surface area contributed by atoms with Gasteiger partial charge in [-0.2, -0.15) is 4.98 Å². The molecule has 1 saturated heterocycles. The third-order valence-corrected chi connectivity index (χ3v) is 4.35. The minimum Gasteiger partial charge on any atom is -0.497 e. The molecule has 6 nitrogen and oxygen atoms in total. The molecule has 0 aliphatic carbocycles. The van der Waals surface area contributed by atoms with Gasteiger partial charge in [0, 0.05) is 18.2 Å². The summed E-state index contributed by atoms with van der Waals surface area (Å²) in [6.45, 7) is 1.88. The fourth-order valence-corrected chi connectivity index (χ4v) is 3.12. The molecule has 1 aromatic heterocycles. The van der Waals surface area contributed by atoms with Crippen LogP contribution in [0.25, 0.3) is 11.4 Å². The van der Waals surface area contributed by atoms with Crippen molar-refractivity contribution in [3.8, 4) is 17.1 Å². The van der Waals surface area contributed by atoms with Gasteiger partial charge in [-0.25, -0.2) is 0 Å². The van der Waals surface area contributed by atoms with Gasteiger partial charge in [0.05, 0.1) is 13.7 Å². The maximum Gasteiger partial charge on any atom is 0.241 e. The van der Waals surface area contributed by atoms with Crippen LogP contribution in [0.3, 0.4) is 0 Å². The zero-order chi connectivity index (χ0) is 16.1. The predicted molar refractivity (Wildman–Crippen MR) is 86.0 cm³/mol. The number of likely N-dealkylation sites (tertiary alicyclic amines) is 1. The molecule has 0 bridgehead atoms. The molecule has 2 aromatic rings. The Hall–Kier alpha value is -1.92. The summed E-state index contributed by atoms with van der Waals surface area (Å²) in [7, 11) is 1.64. The Morgan fingerprint density at radius 3 is 3.13 bits per heavy atom. The molecule has 6 heteroatoms. The van der Waals surface area contributed by atoms with Gasteiger partial charge in [0.2, 0.25) is 11.7 Å². The highest BCUT2D eigenvalue weighted by atomic mass is 16.5. The Kier molecular flexibility index (Phi) is 5.25. The SMILES string of the molecule is COc1cccc(-c2noc(CN3CCCCC3CCO)n2)c1. The number of aromatic nitrogens is 2. The molecular formula is C17H23N3O3. The molecule has 1 unspecified atom stereocenters. The lowest BCUT2D eigenvalue weighted by Crippen LogP contribution is -2.39. The average molecular weight is 317 g/mol. The van der Waals surface area contributed by atoms with Gasteiger partial charge in [0.1, 0.15) is 5.75 Å². The molecular weight excluding hydrogens is 294 g/mol. The highest BCUT2D eigenvalue weighted by Gasteiger charge is 2.24. The first-order valence-corrected chi connectivity index (χ1v) is 8.12. The number of piperidine rings is 1. The number of rotatable bonds is 6. The van der Waals surface area contributed by atoms with Crippen LogP contribution >= 0.6 is 0 Å². The molecule has 23 heavy (non-hydrogen) atoms. The van der Waals surface area contributed by atoms with E-state index < -0.39 is 0 Å². The summed E-state index contributed by atoms with van der Waals surface area (Å²) < 4.78 is 10.6. The van der Waals surface area contributed by atoms with Gasteiger partial charge in [0.15, 0.2) is 0 Å². The van der Waals surface area contributed by atoms with Crippen LogP contribution < -0.4 is 4.74 Å². The van der Waals surface area contributed by atoms with Crippen LogP contribution in [-0.4, -0.2) is 46.5 Å². The van der Waals surface area contributed by atoms with Crippen molar-refractivity contribution < 1.29 is 14.4 Å². The first kappa shape index (κ1) is 16.0. The monoisotopic (exact) mass is 317 g/mol. The molecule has 124 valence electrons. The topological polar surface area (TPSA) is 71.6 Å². The third-order valence-electron chi connectivity index (χ3n) is 4.35. The molecule has 0 amide bonds. The fraction of sp³-hybridized carbons (Fsp3) is 0.529. The van der Waals surface area contributed by atoms with Gasteiger partial charge in [-0.15, -0.1) is 0 Å². The number of aliphatic hydroxyl groups is 1. The third kappa shape index (κ3) is 3.89. The second kappa shape index (κ2) is 7.57. The van der Waals surface area contributed by atoms with Crippen LogP contribution in [0, 0.1) is 0 Å². The van der Waals surface area contributed by atoms with Gasteiger partial charge < -0.3 is 14.4 Å². The zero-order valence-corrected chi connectivity index (χ0v) is 13.4. The molecule has 1 aliphatic rings. The largest absolute Gasteiger partial charge is 0.497 e. The Morgan fingerprint density at radius 2 is 2.30 bits per heavy atom. The molecule has 0 radical (unpaired) electrons. The Bertz CT molecular complexity index is 627. The summed E-state index contributed by atoms with van der Waals surface area (Å²) >= 11 is 0. The van der Waals surface area contributed by atoms with Crippen LogP contribution in [-0.2, 0) is 6.54 Å². The standard InChI is InChI=1S/C17H23N3O3/c1-22-15-7-4-5-13(11-15)17-18-16(23-19-17)12-20-9-3-2-6-14(20)8-10-21/h4-5,7,11,14,21H,2-3,6,8-10,12H2,1H3. The first-order chi connectivity index (χ1) is 11.3. The van der Waals surface area contributed by atoms with Crippen LogP contribution in [0.1, 0.15) is 31.6 Å². The minimum absolute atomic E-state index is 0.222. The molecule has 3 rings (SSSR count). The smallest absolute Gasteiger partial charge is 0.241 e. The van der Waals surface area contributed by atoms with E-state index in [1.807, 2.05) is 24.3 Å². The van der Waals surface area contributed by atoms with Gasteiger partial charge in [-0.05, 0) is 37.9 Å². The molecule has 1 N–H and O–H groups in total.